The number of ether oxygens (including phenoxy) is 1. The van der Waals surface area contributed by atoms with E-state index in [2.05, 4.69) is 15.4 Å². The zero-order valence-electron chi connectivity index (χ0n) is 13.2. The molecule has 1 amide bonds. The summed E-state index contributed by atoms with van der Waals surface area (Å²) in [5, 5.41) is 10.4. The van der Waals surface area contributed by atoms with Crippen LogP contribution in [0, 0.1) is 23.1 Å². The first kappa shape index (κ1) is 17.1. The van der Waals surface area contributed by atoms with E-state index in [1.807, 2.05) is 19.9 Å². The molecule has 1 N–H and O–H groups in total. The van der Waals surface area contributed by atoms with Crippen LogP contribution in [0.25, 0.3) is 0 Å². The van der Waals surface area contributed by atoms with Crippen LogP contribution in [0.3, 0.4) is 0 Å². The van der Waals surface area contributed by atoms with Crippen LogP contribution < -0.4 is 15.2 Å². The van der Waals surface area contributed by atoms with E-state index in [4.69, 9.17) is 10.00 Å². The molecule has 0 aliphatic rings. The van der Waals surface area contributed by atoms with Gasteiger partial charge in [-0.25, -0.2) is 19.6 Å². The second kappa shape index (κ2) is 7.87. The van der Waals surface area contributed by atoms with Gasteiger partial charge in [-0.05, 0) is 30.2 Å². The first-order valence-electron chi connectivity index (χ1n) is 7.22. The topological polar surface area (TPSA) is 91.1 Å². The molecule has 124 valence electrons. The van der Waals surface area contributed by atoms with E-state index < -0.39 is 11.9 Å². The summed E-state index contributed by atoms with van der Waals surface area (Å²) in [4.78, 5) is 19.9. The number of benzene rings is 1. The van der Waals surface area contributed by atoms with Gasteiger partial charge in [0.05, 0.1) is 0 Å². The van der Waals surface area contributed by atoms with Crippen LogP contribution in [-0.4, -0.2) is 22.6 Å². The molecule has 2 aromatic rings. The molecular weight excluding hydrogens is 313 g/mol. The van der Waals surface area contributed by atoms with E-state index in [-0.39, 0.29) is 17.5 Å². The molecule has 24 heavy (non-hydrogen) atoms. The Labute approximate surface area is 138 Å². The molecule has 0 unspecified atom stereocenters. The van der Waals surface area contributed by atoms with Crippen molar-refractivity contribution in [2.24, 2.45) is 5.92 Å². The standard InChI is InChI=1S/C16H16FN5O2/c1-11(2)10-22(15-7-8-19-14(9-18)20-15)21-16(23)24-13-5-3-12(17)4-6-13/h3-8,11H,10H2,1-2H3,(H,21,23). The average Bonchev–Trinajstić information content (AvgIpc) is 2.56. The minimum atomic E-state index is -0.751. The summed E-state index contributed by atoms with van der Waals surface area (Å²) in [7, 11) is 0. The van der Waals surface area contributed by atoms with Crippen LogP contribution in [-0.2, 0) is 0 Å². The third kappa shape index (κ3) is 4.91. The molecule has 0 bridgehead atoms. The number of hydrogen-bond acceptors (Lipinski definition) is 6. The highest BCUT2D eigenvalue weighted by Gasteiger charge is 2.15. The molecule has 0 fully saturated rings. The van der Waals surface area contributed by atoms with E-state index in [0.29, 0.717) is 12.4 Å². The van der Waals surface area contributed by atoms with Gasteiger partial charge in [-0.15, -0.1) is 0 Å². The number of halogens is 1. The van der Waals surface area contributed by atoms with Gasteiger partial charge >= 0.3 is 6.09 Å². The zero-order valence-corrected chi connectivity index (χ0v) is 13.2. The molecule has 1 aromatic heterocycles. The highest BCUT2D eigenvalue weighted by atomic mass is 19.1. The summed E-state index contributed by atoms with van der Waals surface area (Å²) in [5.74, 6) is 0.353. The fourth-order valence-electron chi connectivity index (χ4n) is 1.86. The SMILES string of the molecule is CC(C)CN(NC(=O)Oc1ccc(F)cc1)c1ccnc(C#N)n1. The summed E-state index contributed by atoms with van der Waals surface area (Å²) in [5.41, 5.74) is 2.56. The Bertz CT molecular complexity index is 743. The summed E-state index contributed by atoms with van der Waals surface area (Å²) in [6.07, 6.45) is 0.681. The predicted octanol–water partition coefficient (Wildman–Crippen LogP) is 2.65. The summed E-state index contributed by atoms with van der Waals surface area (Å²) >= 11 is 0. The highest BCUT2D eigenvalue weighted by molar-refractivity contribution is 5.72. The van der Waals surface area contributed by atoms with Crippen molar-refractivity contribution in [3.63, 3.8) is 0 Å². The number of amides is 1. The van der Waals surface area contributed by atoms with Crippen molar-refractivity contribution < 1.29 is 13.9 Å². The monoisotopic (exact) mass is 329 g/mol. The maximum atomic E-state index is 12.9. The van der Waals surface area contributed by atoms with Gasteiger partial charge in [-0.3, -0.25) is 5.01 Å². The Morgan fingerprint density at radius 1 is 1.38 bits per heavy atom. The van der Waals surface area contributed by atoms with E-state index in [0.717, 1.165) is 0 Å². The van der Waals surface area contributed by atoms with Crippen molar-refractivity contribution in [1.29, 1.82) is 5.26 Å². The molecule has 0 atom stereocenters. The van der Waals surface area contributed by atoms with Crippen LogP contribution >= 0.6 is 0 Å². The van der Waals surface area contributed by atoms with Gasteiger partial charge in [0.1, 0.15) is 17.6 Å². The van der Waals surface area contributed by atoms with Gasteiger partial charge in [0, 0.05) is 18.8 Å². The van der Waals surface area contributed by atoms with Crippen molar-refractivity contribution >= 4 is 11.9 Å². The number of nitrogens with zero attached hydrogens (tertiary/aromatic N) is 4. The Morgan fingerprint density at radius 3 is 2.71 bits per heavy atom. The number of anilines is 1. The van der Waals surface area contributed by atoms with Crippen molar-refractivity contribution in [3.8, 4) is 11.8 Å². The number of hydrogen-bond donors (Lipinski definition) is 1. The zero-order chi connectivity index (χ0) is 17.5. The molecule has 0 saturated heterocycles. The summed E-state index contributed by atoms with van der Waals surface area (Å²) in [6.45, 7) is 4.37. The van der Waals surface area contributed by atoms with Crippen LogP contribution in [0.4, 0.5) is 15.0 Å². The van der Waals surface area contributed by atoms with Gasteiger partial charge < -0.3 is 4.74 Å². The van der Waals surface area contributed by atoms with Crippen LogP contribution in [0.15, 0.2) is 36.5 Å². The number of carbonyl (C=O) groups excluding carboxylic acids is 1. The predicted molar refractivity (Wildman–Crippen MR) is 84.5 cm³/mol. The number of nitrogens with one attached hydrogen (secondary N) is 1. The van der Waals surface area contributed by atoms with Crippen molar-refractivity contribution in [2.45, 2.75) is 13.8 Å². The Hall–Kier alpha value is -3.21. The lowest BCUT2D eigenvalue weighted by Crippen LogP contribution is -2.46. The van der Waals surface area contributed by atoms with Crippen molar-refractivity contribution in [2.75, 3.05) is 11.6 Å². The second-order valence-electron chi connectivity index (χ2n) is 5.31. The van der Waals surface area contributed by atoms with Gasteiger partial charge in [0.25, 0.3) is 0 Å². The Morgan fingerprint density at radius 2 is 2.08 bits per heavy atom. The smallest absolute Gasteiger partial charge is 0.409 e. The number of rotatable bonds is 5. The lowest BCUT2D eigenvalue weighted by Gasteiger charge is -2.25. The minimum Gasteiger partial charge on any atom is -0.409 e. The normalized spacial score (nSPS) is 10.1. The first-order chi connectivity index (χ1) is 11.5. The minimum absolute atomic E-state index is 0.00467. The fraction of sp³-hybridized carbons (Fsp3) is 0.250. The Balaban J connectivity index is 2.11. The highest BCUT2D eigenvalue weighted by Crippen LogP contribution is 2.13. The lowest BCUT2D eigenvalue weighted by molar-refractivity contribution is 0.198. The van der Waals surface area contributed by atoms with E-state index in [1.54, 1.807) is 6.07 Å². The molecule has 0 spiro atoms. The third-order valence-corrected chi connectivity index (χ3v) is 2.82. The van der Waals surface area contributed by atoms with Crippen LogP contribution in [0.5, 0.6) is 5.75 Å². The third-order valence-electron chi connectivity index (χ3n) is 2.82. The second-order valence-corrected chi connectivity index (χ2v) is 5.31. The Kier molecular flexibility index (Phi) is 5.63. The molecule has 0 radical (unpaired) electrons. The molecule has 2 rings (SSSR count). The fourth-order valence-corrected chi connectivity index (χ4v) is 1.86. The van der Waals surface area contributed by atoms with Gasteiger partial charge in [0.15, 0.2) is 5.82 Å². The van der Waals surface area contributed by atoms with Gasteiger partial charge in [0.2, 0.25) is 5.82 Å². The van der Waals surface area contributed by atoms with Gasteiger partial charge in [-0.1, -0.05) is 13.8 Å². The molecule has 8 heteroatoms. The molecule has 1 heterocycles. The molecule has 0 aliphatic heterocycles. The van der Waals surface area contributed by atoms with Crippen LogP contribution in [0.2, 0.25) is 0 Å². The maximum absolute atomic E-state index is 12.9. The molecule has 7 nitrogen and oxygen atoms in total. The van der Waals surface area contributed by atoms with E-state index >= 15 is 0 Å². The molecule has 0 saturated carbocycles. The number of aromatic nitrogens is 2. The van der Waals surface area contributed by atoms with E-state index in [1.165, 1.54) is 35.5 Å². The first-order valence-corrected chi connectivity index (χ1v) is 7.22. The lowest BCUT2D eigenvalue weighted by atomic mass is 10.2. The van der Waals surface area contributed by atoms with E-state index in [9.17, 15) is 9.18 Å². The number of hydrazine groups is 1. The molecule has 1 aromatic carbocycles. The number of carbonyl (C=O) groups is 1. The largest absolute Gasteiger partial charge is 0.431 e. The summed E-state index contributed by atoms with van der Waals surface area (Å²) in [6, 6.07) is 8.50. The number of nitriles is 1. The quantitative estimate of drug-likeness (QED) is 0.848. The van der Waals surface area contributed by atoms with Crippen LogP contribution in [0.1, 0.15) is 19.7 Å². The average molecular weight is 329 g/mol. The van der Waals surface area contributed by atoms with Gasteiger partial charge in [-0.2, -0.15) is 10.2 Å². The molecule has 0 aliphatic carbocycles. The van der Waals surface area contributed by atoms with Crippen molar-refractivity contribution in [3.05, 3.63) is 48.2 Å². The summed E-state index contributed by atoms with van der Waals surface area (Å²) < 4.78 is 18.0. The molecular formula is C16H16FN5O2. The van der Waals surface area contributed by atoms with Crippen molar-refractivity contribution in [1.82, 2.24) is 15.4 Å². The maximum Gasteiger partial charge on any atom is 0.431 e.